The van der Waals surface area contributed by atoms with E-state index in [1.807, 2.05) is 13.0 Å². The van der Waals surface area contributed by atoms with E-state index in [4.69, 9.17) is 32.7 Å². The lowest BCUT2D eigenvalue weighted by molar-refractivity contribution is 0.0972. The average molecular weight is 487 g/mol. The highest BCUT2D eigenvalue weighted by Gasteiger charge is 2.18. The van der Waals surface area contributed by atoms with Crippen molar-refractivity contribution in [3.63, 3.8) is 0 Å². The lowest BCUT2D eigenvalue weighted by Gasteiger charge is -2.09. The van der Waals surface area contributed by atoms with Crippen LogP contribution < -0.4 is 4.74 Å². The summed E-state index contributed by atoms with van der Waals surface area (Å²) in [5.41, 5.74) is 1.05. The molecule has 2 heterocycles. The zero-order chi connectivity index (χ0) is 23.3. The van der Waals surface area contributed by atoms with Gasteiger partial charge in [0.25, 0.3) is 0 Å². The highest BCUT2D eigenvalue weighted by molar-refractivity contribution is 6.61. The molecule has 32 heavy (non-hydrogen) atoms. The number of aryl methyl sites for hydroxylation is 2. The first-order chi connectivity index (χ1) is 15.4. The van der Waals surface area contributed by atoms with E-state index < -0.39 is 11.6 Å². The smallest absolute Gasteiger partial charge is 0.454 e. The molecule has 2 aromatic heterocycles. The van der Waals surface area contributed by atoms with Crippen molar-refractivity contribution in [2.75, 3.05) is 13.2 Å². The second-order valence-corrected chi connectivity index (χ2v) is 7.99. The standard InChI is InChI=1S/C21H28Cl2N4O5/c1-15-13-16(27(2)26-15)19-17(14-18(22)24-25-19)32-21(29)31-12-10-8-6-4-3-5-7-9-11-30-20(23)28/h13-14H,3-12H2,1-2H3. The number of aromatic nitrogens is 4. The topological polar surface area (TPSA) is 105 Å². The van der Waals surface area contributed by atoms with E-state index in [1.165, 1.54) is 6.07 Å². The molecule has 2 rings (SSSR count). The molecule has 0 N–H and O–H groups in total. The Labute approximate surface area is 197 Å². The van der Waals surface area contributed by atoms with Crippen LogP contribution in [0.4, 0.5) is 9.59 Å². The normalized spacial score (nSPS) is 10.8. The van der Waals surface area contributed by atoms with Gasteiger partial charge in [-0.3, -0.25) is 4.68 Å². The number of unbranched alkanes of at least 4 members (excludes halogenated alkanes) is 7. The number of hydrogen-bond donors (Lipinski definition) is 0. The third-order valence-electron chi connectivity index (χ3n) is 4.64. The van der Waals surface area contributed by atoms with Gasteiger partial charge in [0.15, 0.2) is 16.6 Å². The summed E-state index contributed by atoms with van der Waals surface area (Å²) in [4.78, 5) is 22.5. The van der Waals surface area contributed by atoms with Crippen molar-refractivity contribution in [3.05, 3.63) is 23.0 Å². The van der Waals surface area contributed by atoms with E-state index >= 15 is 0 Å². The van der Waals surface area contributed by atoms with Crippen molar-refractivity contribution in [3.8, 4) is 17.1 Å². The maximum atomic E-state index is 12.1. The molecule has 0 atom stereocenters. The van der Waals surface area contributed by atoms with E-state index in [2.05, 4.69) is 20.0 Å². The lowest BCUT2D eigenvalue weighted by atomic mass is 10.1. The van der Waals surface area contributed by atoms with Gasteiger partial charge in [-0.15, -0.1) is 10.2 Å². The van der Waals surface area contributed by atoms with Crippen LogP contribution in [-0.4, -0.2) is 44.8 Å². The summed E-state index contributed by atoms with van der Waals surface area (Å²) in [6, 6.07) is 3.23. The molecule has 11 heteroatoms. The number of nitrogens with zero attached hydrogens (tertiary/aromatic N) is 4. The van der Waals surface area contributed by atoms with Gasteiger partial charge in [-0.05, 0) is 25.8 Å². The fraction of sp³-hybridized carbons (Fsp3) is 0.571. The summed E-state index contributed by atoms with van der Waals surface area (Å²) in [6.07, 6.45) is 7.10. The van der Waals surface area contributed by atoms with Crippen LogP contribution in [0.15, 0.2) is 12.1 Å². The molecule has 176 valence electrons. The molecular weight excluding hydrogens is 459 g/mol. The fourth-order valence-corrected chi connectivity index (χ4v) is 3.35. The summed E-state index contributed by atoms with van der Waals surface area (Å²) in [7, 11) is 1.76. The van der Waals surface area contributed by atoms with Gasteiger partial charge in [-0.1, -0.05) is 50.1 Å². The Balaban J connectivity index is 1.63. The van der Waals surface area contributed by atoms with E-state index in [9.17, 15) is 9.59 Å². The van der Waals surface area contributed by atoms with Gasteiger partial charge in [0.2, 0.25) is 0 Å². The number of carbonyl (C=O) groups excluding carboxylic acids is 2. The summed E-state index contributed by atoms with van der Waals surface area (Å²) in [5.74, 6) is 0.166. The van der Waals surface area contributed by atoms with Crippen LogP contribution in [0.5, 0.6) is 5.75 Å². The van der Waals surface area contributed by atoms with Crippen molar-refractivity contribution in [2.45, 2.75) is 58.3 Å². The number of carbonyl (C=O) groups is 2. The quantitative estimate of drug-likeness (QED) is 0.197. The van der Waals surface area contributed by atoms with Gasteiger partial charge in [0, 0.05) is 24.7 Å². The Morgan fingerprint density at radius 1 is 0.938 bits per heavy atom. The average Bonchev–Trinajstić information content (AvgIpc) is 3.06. The molecule has 9 nitrogen and oxygen atoms in total. The predicted molar refractivity (Wildman–Crippen MR) is 120 cm³/mol. The zero-order valence-corrected chi connectivity index (χ0v) is 19.8. The van der Waals surface area contributed by atoms with Crippen molar-refractivity contribution >= 4 is 34.8 Å². The van der Waals surface area contributed by atoms with E-state index in [0.29, 0.717) is 18.0 Å². The van der Waals surface area contributed by atoms with E-state index in [-0.39, 0.29) is 17.5 Å². The Morgan fingerprint density at radius 3 is 2.09 bits per heavy atom. The van der Waals surface area contributed by atoms with Crippen LogP contribution in [0.2, 0.25) is 5.15 Å². The minimum atomic E-state index is -0.813. The molecule has 0 aliphatic carbocycles. The second kappa shape index (κ2) is 13.9. The first-order valence-corrected chi connectivity index (χ1v) is 11.3. The molecule has 2 aromatic rings. The summed E-state index contributed by atoms with van der Waals surface area (Å²) >= 11 is 11.0. The third-order valence-corrected chi connectivity index (χ3v) is 4.93. The molecule has 0 radical (unpaired) electrons. The highest BCUT2D eigenvalue weighted by Crippen LogP contribution is 2.29. The molecule has 0 bridgehead atoms. The Bertz CT molecular complexity index is 891. The minimum Gasteiger partial charge on any atom is -0.454 e. The molecular formula is C21H28Cl2N4O5. The van der Waals surface area contributed by atoms with Crippen LogP contribution >= 0.6 is 23.2 Å². The van der Waals surface area contributed by atoms with Crippen LogP contribution in [0.3, 0.4) is 0 Å². The van der Waals surface area contributed by atoms with Gasteiger partial charge in [0.05, 0.1) is 24.6 Å². The largest absolute Gasteiger partial charge is 0.513 e. The van der Waals surface area contributed by atoms with E-state index in [0.717, 1.165) is 57.1 Å². The number of hydrogen-bond acceptors (Lipinski definition) is 8. The minimum absolute atomic E-state index is 0.107. The van der Waals surface area contributed by atoms with Gasteiger partial charge >= 0.3 is 11.6 Å². The Kier molecular flexibility index (Phi) is 11.2. The fourth-order valence-electron chi connectivity index (χ4n) is 3.13. The van der Waals surface area contributed by atoms with Gasteiger partial charge in [-0.2, -0.15) is 5.10 Å². The molecule has 0 aliphatic rings. The maximum absolute atomic E-state index is 12.1. The molecule has 0 saturated heterocycles. The molecule has 0 unspecified atom stereocenters. The third kappa shape index (κ3) is 9.40. The molecule has 0 aromatic carbocycles. The van der Waals surface area contributed by atoms with Crippen molar-refractivity contribution in [1.82, 2.24) is 20.0 Å². The Hall–Kier alpha value is -2.39. The van der Waals surface area contributed by atoms with Crippen molar-refractivity contribution in [1.29, 1.82) is 0 Å². The van der Waals surface area contributed by atoms with Crippen molar-refractivity contribution in [2.24, 2.45) is 7.05 Å². The zero-order valence-electron chi connectivity index (χ0n) is 18.3. The van der Waals surface area contributed by atoms with E-state index in [1.54, 1.807) is 11.7 Å². The Morgan fingerprint density at radius 2 is 1.53 bits per heavy atom. The maximum Gasteiger partial charge on any atom is 0.513 e. The monoisotopic (exact) mass is 486 g/mol. The number of halogens is 2. The molecule has 0 aliphatic heterocycles. The number of ether oxygens (including phenoxy) is 3. The first-order valence-electron chi connectivity index (χ1n) is 10.6. The molecule has 0 amide bonds. The molecule has 0 fully saturated rings. The number of rotatable bonds is 13. The second-order valence-electron chi connectivity index (χ2n) is 7.29. The SMILES string of the molecule is Cc1cc(-c2nnc(Cl)cc2OC(=O)OCCCCCCCCCCOC(=O)Cl)n(C)n1. The van der Waals surface area contributed by atoms with Gasteiger partial charge < -0.3 is 14.2 Å². The van der Waals surface area contributed by atoms with Gasteiger partial charge in [0.1, 0.15) is 0 Å². The van der Waals surface area contributed by atoms with Crippen LogP contribution in [-0.2, 0) is 16.5 Å². The summed E-state index contributed by atoms with van der Waals surface area (Å²) < 4.78 is 16.8. The molecule has 0 saturated carbocycles. The van der Waals surface area contributed by atoms with Crippen LogP contribution in [0.25, 0.3) is 11.4 Å². The van der Waals surface area contributed by atoms with Crippen LogP contribution in [0, 0.1) is 6.92 Å². The van der Waals surface area contributed by atoms with Crippen LogP contribution in [0.1, 0.15) is 57.1 Å². The van der Waals surface area contributed by atoms with Crippen molar-refractivity contribution < 1.29 is 23.8 Å². The lowest BCUT2D eigenvalue weighted by Crippen LogP contribution is -2.13. The predicted octanol–water partition coefficient (Wildman–Crippen LogP) is 5.85. The first kappa shape index (κ1) is 25.9. The molecule has 0 spiro atoms. The highest BCUT2D eigenvalue weighted by atomic mass is 35.5. The summed E-state index contributed by atoms with van der Waals surface area (Å²) in [5, 5.41) is 12.2. The van der Waals surface area contributed by atoms with Gasteiger partial charge in [-0.25, -0.2) is 9.59 Å². The summed E-state index contributed by atoms with van der Waals surface area (Å²) in [6.45, 7) is 2.50.